The van der Waals surface area contributed by atoms with Crippen LogP contribution in [0.3, 0.4) is 0 Å². The van der Waals surface area contributed by atoms with Crippen molar-refractivity contribution < 1.29 is 9.84 Å². The molecule has 2 aromatic heterocycles. The van der Waals surface area contributed by atoms with Crippen molar-refractivity contribution in [3.8, 4) is 17.0 Å². The van der Waals surface area contributed by atoms with Crippen molar-refractivity contribution >= 4 is 16.3 Å². The molecule has 3 rings (SSSR count). The number of aliphatic hydroxyl groups is 1. The van der Waals surface area contributed by atoms with Gasteiger partial charge < -0.3 is 9.84 Å². The molecular weight excluding hydrogens is 248 g/mol. The Morgan fingerprint density at radius 1 is 1.33 bits per heavy atom. The highest BCUT2D eigenvalue weighted by atomic mass is 32.1. The van der Waals surface area contributed by atoms with E-state index in [0.29, 0.717) is 0 Å². The third-order valence-electron chi connectivity index (χ3n) is 2.74. The highest BCUT2D eigenvalue weighted by Crippen LogP contribution is 2.30. The summed E-state index contributed by atoms with van der Waals surface area (Å²) in [5, 5.41) is 9.07. The van der Waals surface area contributed by atoms with Crippen molar-refractivity contribution in [2.45, 2.75) is 6.61 Å². The van der Waals surface area contributed by atoms with Gasteiger partial charge in [0.2, 0.25) is 0 Å². The van der Waals surface area contributed by atoms with Crippen LogP contribution in [0.4, 0.5) is 0 Å². The second-order valence-corrected chi connectivity index (χ2v) is 4.97. The fourth-order valence-corrected chi connectivity index (χ4v) is 2.72. The number of aromatic nitrogens is 2. The first kappa shape index (κ1) is 11.3. The number of rotatable bonds is 3. The predicted molar refractivity (Wildman–Crippen MR) is 71.0 cm³/mol. The molecule has 0 aliphatic rings. The van der Waals surface area contributed by atoms with Gasteiger partial charge in [-0.2, -0.15) is 0 Å². The first-order valence-corrected chi connectivity index (χ1v) is 6.35. The van der Waals surface area contributed by atoms with E-state index in [1.165, 1.54) is 11.3 Å². The first-order chi connectivity index (χ1) is 8.81. The van der Waals surface area contributed by atoms with E-state index in [0.717, 1.165) is 26.8 Å². The van der Waals surface area contributed by atoms with Gasteiger partial charge in [-0.15, -0.1) is 0 Å². The van der Waals surface area contributed by atoms with Gasteiger partial charge in [-0.25, -0.2) is 4.98 Å². The smallest absolute Gasteiger partial charge is 0.194 e. The van der Waals surface area contributed by atoms with Crippen molar-refractivity contribution in [2.75, 3.05) is 7.11 Å². The molecule has 0 saturated carbocycles. The first-order valence-electron chi connectivity index (χ1n) is 5.53. The second-order valence-electron chi connectivity index (χ2n) is 3.87. The molecule has 0 amide bonds. The van der Waals surface area contributed by atoms with E-state index in [1.807, 2.05) is 41.1 Å². The van der Waals surface area contributed by atoms with Crippen LogP contribution < -0.4 is 4.74 Å². The number of para-hydroxylation sites is 1. The molecule has 0 aliphatic heterocycles. The van der Waals surface area contributed by atoms with Gasteiger partial charge in [-0.05, 0) is 12.1 Å². The molecule has 4 nitrogen and oxygen atoms in total. The molecule has 18 heavy (non-hydrogen) atoms. The Balaban J connectivity index is 2.11. The zero-order valence-corrected chi connectivity index (χ0v) is 10.6. The maximum absolute atomic E-state index is 9.07. The van der Waals surface area contributed by atoms with Gasteiger partial charge in [0.15, 0.2) is 4.96 Å². The molecular formula is C13H12N2O2S. The molecule has 0 unspecified atom stereocenters. The summed E-state index contributed by atoms with van der Waals surface area (Å²) in [6.45, 7) is 0.0536. The molecule has 2 heterocycles. The maximum atomic E-state index is 9.07. The van der Waals surface area contributed by atoms with Crippen LogP contribution in [0.2, 0.25) is 0 Å². The van der Waals surface area contributed by atoms with E-state index >= 15 is 0 Å². The fraction of sp³-hybridized carbons (Fsp3) is 0.154. The highest BCUT2D eigenvalue weighted by Gasteiger charge is 2.11. The summed E-state index contributed by atoms with van der Waals surface area (Å²) in [5.41, 5.74) is 1.85. The minimum atomic E-state index is 0.0536. The molecule has 5 heteroatoms. The summed E-state index contributed by atoms with van der Waals surface area (Å²) in [5.74, 6) is 0.811. The normalized spacial score (nSPS) is 11.0. The lowest BCUT2D eigenvalue weighted by Gasteiger charge is -2.04. The van der Waals surface area contributed by atoms with Gasteiger partial charge in [-0.1, -0.05) is 23.5 Å². The Morgan fingerprint density at radius 3 is 2.89 bits per heavy atom. The Hall–Kier alpha value is -1.85. The number of fused-ring (bicyclic) bond motifs is 1. The van der Waals surface area contributed by atoms with Crippen LogP contribution in [-0.4, -0.2) is 21.6 Å². The molecule has 0 fully saturated rings. The zero-order chi connectivity index (χ0) is 12.5. The van der Waals surface area contributed by atoms with Gasteiger partial charge in [0, 0.05) is 18.0 Å². The molecule has 0 aliphatic carbocycles. The lowest BCUT2D eigenvalue weighted by molar-refractivity contribution is 0.285. The number of hydrogen-bond acceptors (Lipinski definition) is 4. The molecule has 3 aromatic rings. The van der Waals surface area contributed by atoms with Crippen LogP contribution in [-0.2, 0) is 6.61 Å². The van der Waals surface area contributed by atoms with E-state index in [-0.39, 0.29) is 6.61 Å². The number of benzene rings is 1. The number of ether oxygens (including phenoxy) is 1. The van der Waals surface area contributed by atoms with Gasteiger partial charge >= 0.3 is 0 Å². The van der Waals surface area contributed by atoms with E-state index < -0.39 is 0 Å². The van der Waals surface area contributed by atoms with Crippen LogP contribution in [0.1, 0.15) is 4.88 Å². The van der Waals surface area contributed by atoms with E-state index in [1.54, 1.807) is 7.11 Å². The zero-order valence-electron chi connectivity index (χ0n) is 9.83. The van der Waals surface area contributed by atoms with Crippen LogP contribution in [0.15, 0.2) is 36.7 Å². The van der Waals surface area contributed by atoms with E-state index in [4.69, 9.17) is 9.84 Å². The van der Waals surface area contributed by atoms with Crippen molar-refractivity contribution in [3.63, 3.8) is 0 Å². The highest BCUT2D eigenvalue weighted by molar-refractivity contribution is 7.17. The number of hydrogen-bond donors (Lipinski definition) is 1. The lowest BCUT2D eigenvalue weighted by Crippen LogP contribution is -1.87. The Morgan fingerprint density at radius 2 is 2.17 bits per heavy atom. The molecule has 1 aromatic carbocycles. The molecule has 0 bridgehead atoms. The Kier molecular flexibility index (Phi) is 2.77. The minimum absolute atomic E-state index is 0.0536. The SMILES string of the molecule is COc1ccccc1-c1cn2cc(CO)sc2n1. The monoisotopic (exact) mass is 260 g/mol. The molecule has 0 spiro atoms. The van der Waals surface area contributed by atoms with Gasteiger partial charge in [0.1, 0.15) is 5.75 Å². The summed E-state index contributed by atoms with van der Waals surface area (Å²) in [4.78, 5) is 6.33. The number of imidazole rings is 1. The average molecular weight is 260 g/mol. The van der Waals surface area contributed by atoms with Gasteiger partial charge in [-0.3, -0.25) is 4.40 Å². The summed E-state index contributed by atoms with van der Waals surface area (Å²) in [6.07, 6.45) is 3.84. The van der Waals surface area contributed by atoms with Gasteiger partial charge in [0.25, 0.3) is 0 Å². The van der Waals surface area contributed by atoms with Crippen LogP contribution in [0.25, 0.3) is 16.2 Å². The Bertz CT molecular complexity index is 656. The fourth-order valence-electron chi connectivity index (χ4n) is 1.90. The molecule has 92 valence electrons. The van der Waals surface area contributed by atoms with Crippen molar-refractivity contribution in [1.82, 2.24) is 9.38 Å². The van der Waals surface area contributed by atoms with E-state index in [2.05, 4.69) is 4.98 Å². The van der Waals surface area contributed by atoms with E-state index in [9.17, 15) is 0 Å². The molecule has 0 atom stereocenters. The van der Waals surface area contributed by atoms with Crippen molar-refractivity contribution in [2.24, 2.45) is 0 Å². The number of thiazole rings is 1. The largest absolute Gasteiger partial charge is 0.496 e. The number of nitrogens with zero attached hydrogens (tertiary/aromatic N) is 2. The van der Waals surface area contributed by atoms with Crippen LogP contribution >= 0.6 is 11.3 Å². The Labute approximate surface area is 108 Å². The lowest BCUT2D eigenvalue weighted by atomic mass is 10.1. The van der Waals surface area contributed by atoms with Crippen molar-refractivity contribution in [3.05, 3.63) is 41.5 Å². The average Bonchev–Trinajstić information content (AvgIpc) is 2.96. The third kappa shape index (κ3) is 1.77. The molecule has 0 saturated heterocycles. The molecule has 1 N–H and O–H groups in total. The number of aliphatic hydroxyl groups excluding tert-OH is 1. The minimum Gasteiger partial charge on any atom is -0.496 e. The van der Waals surface area contributed by atoms with Gasteiger partial charge in [0.05, 0.1) is 24.3 Å². The predicted octanol–water partition coefficient (Wildman–Crippen LogP) is 2.56. The molecule has 0 radical (unpaired) electrons. The summed E-state index contributed by atoms with van der Waals surface area (Å²) in [6, 6.07) is 7.80. The van der Waals surface area contributed by atoms with Crippen LogP contribution in [0.5, 0.6) is 5.75 Å². The maximum Gasteiger partial charge on any atom is 0.194 e. The quantitative estimate of drug-likeness (QED) is 0.787. The summed E-state index contributed by atoms with van der Waals surface area (Å²) < 4.78 is 7.26. The standard InChI is InChI=1S/C13H12N2O2S/c1-17-12-5-3-2-4-10(12)11-7-15-6-9(8-16)18-13(15)14-11/h2-7,16H,8H2,1H3. The topological polar surface area (TPSA) is 46.8 Å². The summed E-state index contributed by atoms with van der Waals surface area (Å²) in [7, 11) is 1.65. The number of methoxy groups -OCH3 is 1. The van der Waals surface area contributed by atoms with Crippen LogP contribution in [0, 0.1) is 0 Å². The van der Waals surface area contributed by atoms with Crippen molar-refractivity contribution in [1.29, 1.82) is 0 Å². The summed E-state index contributed by atoms with van der Waals surface area (Å²) >= 11 is 1.49. The third-order valence-corrected chi connectivity index (χ3v) is 3.72. The second kappa shape index (κ2) is 4.44.